The van der Waals surface area contributed by atoms with Gasteiger partial charge in [-0.25, -0.2) is 9.36 Å². The molecular formula is C15H16N2O3. The first-order valence-electron chi connectivity index (χ1n) is 6.22. The van der Waals surface area contributed by atoms with Gasteiger partial charge < -0.3 is 4.74 Å². The van der Waals surface area contributed by atoms with Crippen LogP contribution >= 0.6 is 0 Å². The highest BCUT2D eigenvalue weighted by Gasteiger charge is 2.21. The Bertz CT molecular complexity index is 624. The second-order valence-electron chi connectivity index (χ2n) is 5.32. The normalized spacial score (nSPS) is 11.2. The fourth-order valence-electron chi connectivity index (χ4n) is 1.81. The molecule has 2 aromatic heterocycles. The molecule has 2 rings (SSSR count). The van der Waals surface area contributed by atoms with Crippen LogP contribution in [0.3, 0.4) is 0 Å². The zero-order valence-electron chi connectivity index (χ0n) is 11.7. The van der Waals surface area contributed by atoms with Gasteiger partial charge in [0.1, 0.15) is 5.60 Å². The molecule has 0 spiro atoms. The van der Waals surface area contributed by atoms with Gasteiger partial charge in [-0.3, -0.25) is 9.78 Å². The predicted octanol–water partition coefficient (Wildman–Crippen LogP) is 3.15. The lowest BCUT2D eigenvalue weighted by Crippen LogP contribution is -2.27. The summed E-state index contributed by atoms with van der Waals surface area (Å²) in [5, 5.41) is 0. The van der Waals surface area contributed by atoms with Crippen molar-refractivity contribution in [2.24, 2.45) is 0 Å². The van der Waals surface area contributed by atoms with Crippen LogP contribution in [0.5, 0.6) is 0 Å². The van der Waals surface area contributed by atoms with Gasteiger partial charge in [0, 0.05) is 24.2 Å². The number of hydrogen-bond donors (Lipinski definition) is 0. The van der Waals surface area contributed by atoms with E-state index in [9.17, 15) is 9.59 Å². The lowest BCUT2D eigenvalue weighted by Gasteiger charge is -2.19. The minimum Gasteiger partial charge on any atom is -0.443 e. The lowest BCUT2D eigenvalue weighted by molar-refractivity contribution is 0.0531. The molecule has 2 aromatic rings. The van der Waals surface area contributed by atoms with Gasteiger partial charge in [0.25, 0.3) is 0 Å². The van der Waals surface area contributed by atoms with Crippen LogP contribution in [0.4, 0.5) is 4.79 Å². The highest BCUT2D eigenvalue weighted by Crippen LogP contribution is 2.24. The molecule has 0 fully saturated rings. The number of rotatable bonds is 2. The minimum atomic E-state index is -0.613. The molecule has 0 radical (unpaired) electrons. The van der Waals surface area contributed by atoms with E-state index in [0.717, 1.165) is 5.56 Å². The molecule has 0 aliphatic heterocycles. The zero-order chi connectivity index (χ0) is 14.8. The monoisotopic (exact) mass is 272 g/mol. The van der Waals surface area contributed by atoms with Gasteiger partial charge in [0.15, 0.2) is 6.29 Å². The average molecular weight is 272 g/mol. The molecule has 5 heteroatoms. The Morgan fingerprint density at radius 3 is 2.45 bits per heavy atom. The SMILES string of the molecule is CC(C)(C)OC(=O)n1ccc(-c2ccncc2)c1C=O. The molecule has 2 heterocycles. The molecule has 5 nitrogen and oxygen atoms in total. The molecule has 0 amide bonds. The summed E-state index contributed by atoms with van der Waals surface area (Å²) in [5.41, 5.74) is 1.15. The van der Waals surface area contributed by atoms with Crippen LogP contribution in [0, 0.1) is 0 Å². The van der Waals surface area contributed by atoms with Crippen molar-refractivity contribution in [3.8, 4) is 11.1 Å². The summed E-state index contributed by atoms with van der Waals surface area (Å²) < 4.78 is 6.48. The van der Waals surface area contributed by atoms with Crippen molar-refractivity contribution in [3.05, 3.63) is 42.5 Å². The van der Waals surface area contributed by atoms with Crippen LogP contribution in [0.2, 0.25) is 0 Å². The Morgan fingerprint density at radius 2 is 1.90 bits per heavy atom. The van der Waals surface area contributed by atoms with Crippen molar-refractivity contribution < 1.29 is 14.3 Å². The number of nitrogens with zero attached hydrogens (tertiary/aromatic N) is 2. The van der Waals surface area contributed by atoms with Crippen LogP contribution in [0.25, 0.3) is 11.1 Å². The van der Waals surface area contributed by atoms with Crippen molar-refractivity contribution in [2.45, 2.75) is 26.4 Å². The van der Waals surface area contributed by atoms with Gasteiger partial charge in [0.2, 0.25) is 0 Å². The molecule has 0 atom stereocenters. The topological polar surface area (TPSA) is 61.2 Å². The third kappa shape index (κ3) is 2.93. The molecule has 0 aromatic carbocycles. The zero-order valence-corrected chi connectivity index (χ0v) is 11.7. The second kappa shape index (κ2) is 5.28. The van der Waals surface area contributed by atoms with E-state index in [2.05, 4.69) is 4.98 Å². The summed E-state index contributed by atoms with van der Waals surface area (Å²) >= 11 is 0. The van der Waals surface area contributed by atoms with Crippen LogP contribution in [0.15, 0.2) is 36.8 Å². The van der Waals surface area contributed by atoms with Crippen molar-refractivity contribution in [3.63, 3.8) is 0 Å². The summed E-state index contributed by atoms with van der Waals surface area (Å²) in [4.78, 5) is 27.3. The predicted molar refractivity (Wildman–Crippen MR) is 74.7 cm³/mol. The van der Waals surface area contributed by atoms with Crippen LogP contribution in [0.1, 0.15) is 31.3 Å². The van der Waals surface area contributed by atoms with E-state index in [4.69, 9.17) is 4.74 Å². The number of hydrogen-bond acceptors (Lipinski definition) is 4. The highest BCUT2D eigenvalue weighted by atomic mass is 16.6. The lowest BCUT2D eigenvalue weighted by atomic mass is 10.1. The van der Waals surface area contributed by atoms with E-state index in [0.29, 0.717) is 11.8 Å². The van der Waals surface area contributed by atoms with E-state index in [1.807, 2.05) is 0 Å². The molecule has 0 aliphatic rings. The quantitative estimate of drug-likeness (QED) is 0.788. The Labute approximate surface area is 117 Å². The molecule has 0 saturated heterocycles. The number of aromatic nitrogens is 2. The van der Waals surface area contributed by atoms with Crippen molar-refractivity contribution >= 4 is 12.4 Å². The van der Waals surface area contributed by atoms with Crippen molar-refractivity contribution in [2.75, 3.05) is 0 Å². The Balaban J connectivity index is 2.41. The maximum absolute atomic E-state index is 12.1. The summed E-state index contributed by atoms with van der Waals surface area (Å²) in [5.74, 6) is 0. The Morgan fingerprint density at radius 1 is 1.25 bits per heavy atom. The van der Waals surface area contributed by atoms with Crippen LogP contribution < -0.4 is 0 Å². The third-order valence-electron chi connectivity index (χ3n) is 2.62. The number of carbonyl (C=O) groups is 2. The van der Waals surface area contributed by atoms with Crippen molar-refractivity contribution in [1.82, 2.24) is 9.55 Å². The van der Waals surface area contributed by atoms with E-state index < -0.39 is 11.7 Å². The van der Waals surface area contributed by atoms with Crippen LogP contribution in [-0.4, -0.2) is 27.5 Å². The standard InChI is InChI=1S/C15H16N2O3/c1-15(2,3)20-14(19)17-9-6-12(13(17)10-18)11-4-7-16-8-5-11/h4-10H,1-3H3. The number of pyridine rings is 1. The molecule has 0 unspecified atom stereocenters. The van der Waals surface area contributed by atoms with E-state index >= 15 is 0 Å². The van der Waals surface area contributed by atoms with Gasteiger partial charge >= 0.3 is 6.09 Å². The average Bonchev–Trinajstić information content (AvgIpc) is 2.81. The third-order valence-corrected chi connectivity index (χ3v) is 2.62. The van der Waals surface area contributed by atoms with Gasteiger partial charge in [-0.1, -0.05) is 0 Å². The van der Waals surface area contributed by atoms with Gasteiger partial charge in [-0.15, -0.1) is 0 Å². The first-order chi connectivity index (χ1) is 9.42. The first kappa shape index (κ1) is 14.0. The minimum absolute atomic E-state index is 0.269. The largest absolute Gasteiger partial charge is 0.443 e. The molecule has 104 valence electrons. The smallest absolute Gasteiger partial charge is 0.419 e. The maximum Gasteiger partial charge on any atom is 0.419 e. The molecule has 0 bridgehead atoms. The fourth-order valence-corrected chi connectivity index (χ4v) is 1.81. The maximum atomic E-state index is 12.1. The Kier molecular flexibility index (Phi) is 3.70. The van der Waals surface area contributed by atoms with E-state index in [1.54, 1.807) is 51.4 Å². The van der Waals surface area contributed by atoms with Crippen molar-refractivity contribution in [1.29, 1.82) is 0 Å². The first-order valence-corrected chi connectivity index (χ1v) is 6.22. The fraction of sp³-hybridized carbons (Fsp3) is 0.267. The Hall–Kier alpha value is -2.43. The highest BCUT2D eigenvalue weighted by molar-refractivity contribution is 5.91. The summed E-state index contributed by atoms with van der Waals surface area (Å²) in [7, 11) is 0. The summed E-state index contributed by atoms with van der Waals surface area (Å²) in [6.45, 7) is 5.33. The number of aldehydes is 1. The van der Waals surface area contributed by atoms with Gasteiger partial charge in [-0.2, -0.15) is 0 Å². The summed E-state index contributed by atoms with van der Waals surface area (Å²) in [6, 6.07) is 5.27. The van der Waals surface area contributed by atoms with Gasteiger partial charge in [0.05, 0.1) is 5.69 Å². The molecule has 0 saturated carbocycles. The molecule has 0 N–H and O–H groups in total. The van der Waals surface area contributed by atoms with Crippen LogP contribution in [-0.2, 0) is 4.74 Å². The molecular weight excluding hydrogens is 256 g/mol. The summed E-state index contributed by atoms with van der Waals surface area (Å²) in [6.07, 6.45) is 4.89. The van der Waals surface area contributed by atoms with Gasteiger partial charge in [-0.05, 0) is 44.5 Å². The molecule has 20 heavy (non-hydrogen) atoms. The number of carbonyl (C=O) groups excluding carboxylic acids is 2. The van der Waals surface area contributed by atoms with E-state index in [1.165, 1.54) is 10.8 Å². The number of ether oxygens (including phenoxy) is 1. The molecule has 0 aliphatic carbocycles. The second-order valence-corrected chi connectivity index (χ2v) is 5.32. The van der Waals surface area contributed by atoms with E-state index in [-0.39, 0.29) is 5.69 Å².